The fourth-order valence-electron chi connectivity index (χ4n) is 2.80. The number of nitrogens with zero attached hydrogens (tertiary/aromatic N) is 2. The topological polar surface area (TPSA) is 88.6 Å². The van der Waals surface area contributed by atoms with Crippen molar-refractivity contribution in [2.45, 2.75) is 30.0 Å². The van der Waals surface area contributed by atoms with Crippen molar-refractivity contribution in [1.82, 2.24) is 14.6 Å². The van der Waals surface area contributed by atoms with Crippen molar-refractivity contribution in [2.75, 3.05) is 20.2 Å². The number of aromatic nitrogens is 1. The molecule has 0 aliphatic carbocycles. The molecule has 0 radical (unpaired) electrons. The molecule has 0 bridgehead atoms. The first-order valence-electron chi connectivity index (χ1n) is 8.34. The van der Waals surface area contributed by atoms with Crippen LogP contribution in [0.1, 0.15) is 23.3 Å². The number of hydrogen-bond acceptors (Lipinski definition) is 6. The summed E-state index contributed by atoms with van der Waals surface area (Å²) < 4.78 is 32.0. The molecule has 140 valence electrons. The van der Waals surface area contributed by atoms with Crippen LogP contribution in [0.15, 0.2) is 34.7 Å². The number of thiophene rings is 1. The zero-order chi connectivity index (χ0) is 18.6. The van der Waals surface area contributed by atoms with Crippen molar-refractivity contribution < 1.29 is 17.9 Å². The number of carbonyl (C=O) groups excluding carboxylic acids is 1. The molecule has 1 aliphatic heterocycles. The van der Waals surface area contributed by atoms with Gasteiger partial charge in [-0.05, 0) is 31.0 Å². The highest BCUT2D eigenvalue weighted by atomic mass is 32.2. The van der Waals surface area contributed by atoms with Gasteiger partial charge in [-0.25, -0.2) is 13.4 Å². The maximum absolute atomic E-state index is 12.5. The highest BCUT2D eigenvalue weighted by Gasteiger charge is 2.28. The monoisotopic (exact) mass is 395 g/mol. The van der Waals surface area contributed by atoms with E-state index >= 15 is 0 Å². The normalized spacial score (nSPS) is 15.1. The molecule has 0 spiro atoms. The van der Waals surface area contributed by atoms with Crippen LogP contribution in [0.4, 0.5) is 0 Å². The van der Waals surface area contributed by atoms with Gasteiger partial charge < -0.3 is 10.1 Å². The summed E-state index contributed by atoms with van der Waals surface area (Å²) in [5.41, 5.74) is 0.784. The summed E-state index contributed by atoms with van der Waals surface area (Å²) in [5.74, 6) is 0.297. The molecule has 0 atom stereocenters. The fourth-order valence-corrected chi connectivity index (χ4v) is 5.83. The maximum atomic E-state index is 12.5. The summed E-state index contributed by atoms with van der Waals surface area (Å²) in [6, 6.07) is 6.90. The van der Waals surface area contributed by atoms with Crippen LogP contribution in [0, 0.1) is 0 Å². The molecule has 7 nitrogen and oxygen atoms in total. The van der Waals surface area contributed by atoms with E-state index in [4.69, 9.17) is 4.74 Å². The summed E-state index contributed by atoms with van der Waals surface area (Å²) in [7, 11) is -1.89. The molecule has 0 aromatic carbocycles. The van der Waals surface area contributed by atoms with Crippen molar-refractivity contribution in [3.05, 3.63) is 40.9 Å². The first-order chi connectivity index (χ1) is 12.5. The molecule has 3 rings (SSSR count). The first kappa shape index (κ1) is 18.8. The molecule has 3 heterocycles. The molecule has 2 aromatic heterocycles. The van der Waals surface area contributed by atoms with Gasteiger partial charge in [-0.1, -0.05) is 6.07 Å². The number of pyridine rings is 1. The Bertz CT molecular complexity index is 874. The number of ether oxygens (including phenoxy) is 1. The predicted molar refractivity (Wildman–Crippen MR) is 98.7 cm³/mol. The van der Waals surface area contributed by atoms with Crippen LogP contribution in [0.5, 0.6) is 5.88 Å². The highest BCUT2D eigenvalue weighted by molar-refractivity contribution is 7.91. The van der Waals surface area contributed by atoms with Crippen molar-refractivity contribution >= 4 is 27.3 Å². The third-order valence-electron chi connectivity index (χ3n) is 4.15. The lowest BCUT2D eigenvalue weighted by Crippen LogP contribution is -2.27. The predicted octanol–water partition coefficient (Wildman–Crippen LogP) is 1.80. The first-order valence-corrected chi connectivity index (χ1v) is 10.6. The second kappa shape index (κ2) is 8.15. The van der Waals surface area contributed by atoms with Gasteiger partial charge in [0, 0.05) is 36.3 Å². The maximum Gasteiger partial charge on any atom is 0.252 e. The van der Waals surface area contributed by atoms with E-state index in [1.807, 2.05) is 6.07 Å². The molecule has 26 heavy (non-hydrogen) atoms. The van der Waals surface area contributed by atoms with Crippen molar-refractivity contribution in [1.29, 1.82) is 0 Å². The van der Waals surface area contributed by atoms with E-state index in [-0.39, 0.29) is 12.3 Å². The lowest BCUT2D eigenvalue weighted by molar-refractivity contribution is -0.120. The van der Waals surface area contributed by atoms with Crippen molar-refractivity contribution in [3.8, 4) is 5.88 Å². The third kappa shape index (κ3) is 4.22. The van der Waals surface area contributed by atoms with Crippen LogP contribution in [0.3, 0.4) is 0 Å². The highest BCUT2D eigenvalue weighted by Crippen LogP contribution is 2.27. The van der Waals surface area contributed by atoms with E-state index in [2.05, 4.69) is 10.3 Å². The Labute approximate surface area is 157 Å². The van der Waals surface area contributed by atoms with Crippen LogP contribution in [0.25, 0.3) is 0 Å². The summed E-state index contributed by atoms with van der Waals surface area (Å²) in [4.78, 5) is 17.0. The zero-order valence-corrected chi connectivity index (χ0v) is 16.1. The van der Waals surface area contributed by atoms with Crippen molar-refractivity contribution in [3.63, 3.8) is 0 Å². The van der Waals surface area contributed by atoms with E-state index in [1.165, 1.54) is 11.4 Å². The molecule has 0 unspecified atom stereocenters. The van der Waals surface area contributed by atoms with Gasteiger partial charge in [-0.3, -0.25) is 4.79 Å². The fraction of sp³-hybridized carbons (Fsp3) is 0.412. The quantitative estimate of drug-likeness (QED) is 0.772. The second-order valence-corrected chi connectivity index (χ2v) is 9.29. The molecule has 9 heteroatoms. The van der Waals surface area contributed by atoms with Crippen LogP contribution < -0.4 is 10.1 Å². The minimum Gasteiger partial charge on any atom is -0.481 e. The van der Waals surface area contributed by atoms with Crippen LogP contribution in [0.2, 0.25) is 0 Å². The minimum absolute atomic E-state index is 0.142. The molecule has 1 amide bonds. The number of hydrogen-bond donors (Lipinski definition) is 1. The number of methoxy groups -OCH3 is 1. The zero-order valence-electron chi connectivity index (χ0n) is 14.5. The van der Waals surface area contributed by atoms with Crippen LogP contribution >= 0.6 is 11.3 Å². The average molecular weight is 396 g/mol. The Hall–Kier alpha value is -1.97. The number of amides is 1. The Morgan fingerprint density at radius 2 is 2.08 bits per heavy atom. The smallest absolute Gasteiger partial charge is 0.252 e. The second-order valence-electron chi connectivity index (χ2n) is 5.96. The Balaban J connectivity index is 1.59. The van der Waals surface area contributed by atoms with Gasteiger partial charge in [-0.2, -0.15) is 4.31 Å². The summed E-state index contributed by atoms with van der Waals surface area (Å²) in [6.45, 7) is 1.45. The van der Waals surface area contributed by atoms with E-state index in [1.54, 1.807) is 24.4 Å². The molecule has 1 saturated heterocycles. The number of rotatable bonds is 7. The minimum atomic E-state index is -3.42. The Kier molecular flexibility index (Phi) is 5.90. The lowest BCUT2D eigenvalue weighted by Gasteiger charge is -2.13. The summed E-state index contributed by atoms with van der Waals surface area (Å²) in [6.07, 6.45) is 3.57. The van der Waals surface area contributed by atoms with Gasteiger partial charge in [-0.15, -0.1) is 11.3 Å². The number of sulfonamides is 1. The van der Waals surface area contributed by atoms with Crippen molar-refractivity contribution in [2.24, 2.45) is 0 Å². The summed E-state index contributed by atoms with van der Waals surface area (Å²) in [5, 5.41) is 2.81. The van der Waals surface area contributed by atoms with E-state index < -0.39 is 10.0 Å². The van der Waals surface area contributed by atoms with Gasteiger partial charge >= 0.3 is 0 Å². The lowest BCUT2D eigenvalue weighted by atomic mass is 10.2. The SMILES string of the molecule is COc1ncccc1CNC(=O)Cc1ccc(S(=O)(=O)N2CCCC2)s1. The molecular formula is C17H21N3O4S2. The standard InChI is InChI=1S/C17H21N3O4S2/c1-24-17-13(5-4-8-18-17)12-19-15(21)11-14-6-7-16(25-14)26(22,23)20-9-2-3-10-20/h4-8H,2-3,9-12H2,1H3,(H,19,21). The number of carbonyl (C=O) groups is 1. The van der Waals surface area contributed by atoms with Gasteiger partial charge in [0.1, 0.15) is 4.21 Å². The largest absolute Gasteiger partial charge is 0.481 e. The summed E-state index contributed by atoms with van der Waals surface area (Å²) >= 11 is 1.16. The van der Waals surface area contributed by atoms with Gasteiger partial charge in [0.15, 0.2) is 0 Å². The molecule has 0 saturated carbocycles. The molecule has 1 fully saturated rings. The molecule has 1 N–H and O–H groups in total. The Morgan fingerprint density at radius 1 is 1.31 bits per heavy atom. The van der Waals surface area contributed by atoms with Gasteiger partial charge in [0.2, 0.25) is 11.8 Å². The van der Waals surface area contributed by atoms with Gasteiger partial charge in [0.05, 0.1) is 13.5 Å². The molecule has 2 aromatic rings. The molecular weight excluding hydrogens is 374 g/mol. The molecule has 1 aliphatic rings. The van der Waals surface area contributed by atoms with E-state index in [9.17, 15) is 13.2 Å². The average Bonchev–Trinajstić information content (AvgIpc) is 3.32. The van der Waals surface area contributed by atoms with E-state index in [0.717, 1.165) is 34.6 Å². The van der Waals surface area contributed by atoms with Gasteiger partial charge in [0.25, 0.3) is 10.0 Å². The van der Waals surface area contributed by atoms with E-state index in [0.29, 0.717) is 29.7 Å². The number of nitrogens with one attached hydrogen (secondary N) is 1. The van der Waals surface area contributed by atoms with Crippen LogP contribution in [-0.2, 0) is 27.8 Å². The Morgan fingerprint density at radius 3 is 2.81 bits per heavy atom. The third-order valence-corrected chi connectivity index (χ3v) is 7.60. The van der Waals surface area contributed by atoms with Crippen LogP contribution in [-0.4, -0.2) is 43.8 Å².